The van der Waals surface area contributed by atoms with Crippen LogP contribution in [0.3, 0.4) is 0 Å². The Kier molecular flexibility index (Phi) is 9.90. The van der Waals surface area contributed by atoms with Gasteiger partial charge in [0.2, 0.25) is 5.91 Å². The topological polar surface area (TPSA) is 82.1 Å². The molecule has 3 aromatic rings. The smallest absolute Gasteiger partial charge is 0.338 e. The molecule has 0 spiro atoms. The third kappa shape index (κ3) is 7.68. The first kappa shape index (κ1) is 26.9. The molecule has 1 amide bonds. The van der Waals surface area contributed by atoms with E-state index in [-0.39, 0.29) is 17.8 Å². The van der Waals surface area contributed by atoms with E-state index in [4.69, 9.17) is 14.2 Å². The van der Waals surface area contributed by atoms with Crippen LogP contribution >= 0.6 is 0 Å². The van der Waals surface area contributed by atoms with Gasteiger partial charge in [0.25, 0.3) is 0 Å². The summed E-state index contributed by atoms with van der Waals surface area (Å²) in [4.78, 5) is 38.4. The van der Waals surface area contributed by atoms with Crippen molar-refractivity contribution in [1.82, 2.24) is 0 Å². The van der Waals surface area contributed by atoms with Crippen LogP contribution in [-0.4, -0.2) is 44.2 Å². The van der Waals surface area contributed by atoms with E-state index in [1.807, 2.05) is 47.4 Å². The van der Waals surface area contributed by atoms with Gasteiger partial charge in [0.05, 0.1) is 30.9 Å². The summed E-state index contributed by atoms with van der Waals surface area (Å²) in [5.74, 6) is 0.240. The number of unbranched alkanes of at least 4 members (excludes halogenated alkanes) is 2. The van der Waals surface area contributed by atoms with Crippen molar-refractivity contribution in [3.63, 3.8) is 0 Å². The van der Waals surface area contributed by atoms with E-state index < -0.39 is 0 Å². The van der Waals surface area contributed by atoms with Crippen molar-refractivity contribution in [3.8, 4) is 5.75 Å². The van der Waals surface area contributed by atoms with Crippen LogP contribution in [0.5, 0.6) is 5.75 Å². The highest BCUT2D eigenvalue weighted by Crippen LogP contribution is 2.31. The second-order valence-electron chi connectivity index (χ2n) is 9.10. The lowest BCUT2D eigenvalue weighted by molar-refractivity contribution is -0.118. The zero-order valence-corrected chi connectivity index (χ0v) is 21.5. The summed E-state index contributed by atoms with van der Waals surface area (Å²) < 4.78 is 16.5. The summed E-state index contributed by atoms with van der Waals surface area (Å²) in [6.45, 7) is 1.77. The van der Waals surface area contributed by atoms with E-state index >= 15 is 0 Å². The van der Waals surface area contributed by atoms with Gasteiger partial charge in [-0.15, -0.1) is 0 Å². The molecule has 0 aliphatic carbocycles. The fourth-order valence-electron chi connectivity index (χ4n) is 4.28. The van der Waals surface area contributed by atoms with Crippen LogP contribution in [0.15, 0.2) is 78.9 Å². The number of nitrogens with zero attached hydrogens (tertiary/aromatic N) is 1. The molecule has 0 saturated heterocycles. The minimum atomic E-state index is -0.328. The molecule has 1 heterocycles. The van der Waals surface area contributed by atoms with Crippen LogP contribution in [-0.2, 0) is 20.7 Å². The van der Waals surface area contributed by atoms with E-state index in [1.165, 1.54) is 0 Å². The van der Waals surface area contributed by atoms with Crippen molar-refractivity contribution in [2.24, 2.45) is 0 Å². The summed E-state index contributed by atoms with van der Waals surface area (Å²) in [6.07, 6.45) is 4.04. The van der Waals surface area contributed by atoms with Crippen molar-refractivity contribution in [3.05, 3.63) is 95.6 Å². The van der Waals surface area contributed by atoms with Crippen LogP contribution in [0.2, 0.25) is 0 Å². The molecule has 7 nitrogen and oxygen atoms in total. The number of carbonyl (C=O) groups is 3. The van der Waals surface area contributed by atoms with Gasteiger partial charge in [-0.3, -0.25) is 4.79 Å². The van der Waals surface area contributed by atoms with E-state index in [9.17, 15) is 14.4 Å². The highest BCUT2D eigenvalue weighted by molar-refractivity contribution is 5.96. The van der Waals surface area contributed by atoms with Gasteiger partial charge in [-0.05, 0) is 80.1 Å². The molecule has 3 aromatic carbocycles. The number of fused-ring (bicyclic) bond motifs is 1. The standard InChI is InChI=1S/C31H33NO6/c33-29-18-15-26-23-27(36-20-9-10-22-38-31(35)25-13-5-2-6-14-25)16-17-28(26)32(29)19-7-8-21-37-30(34)24-11-3-1-4-12-24/h1-6,11-14,16-17,23H,7-10,15,18-22H2. The fourth-order valence-corrected chi connectivity index (χ4v) is 4.28. The number of ether oxygens (including phenoxy) is 3. The maximum atomic E-state index is 12.6. The minimum absolute atomic E-state index is 0.109. The van der Waals surface area contributed by atoms with Gasteiger partial charge in [-0.25, -0.2) is 9.59 Å². The summed E-state index contributed by atoms with van der Waals surface area (Å²) in [7, 11) is 0. The summed E-state index contributed by atoms with van der Waals surface area (Å²) in [5.41, 5.74) is 3.10. The molecule has 0 N–H and O–H groups in total. The van der Waals surface area contributed by atoms with Crippen molar-refractivity contribution >= 4 is 23.5 Å². The highest BCUT2D eigenvalue weighted by Gasteiger charge is 2.24. The van der Waals surface area contributed by atoms with Gasteiger partial charge in [0, 0.05) is 18.7 Å². The number of hydrogen-bond donors (Lipinski definition) is 0. The molecule has 198 valence electrons. The summed E-state index contributed by atoms with van der Waals surface area (Å²) >= 11 is 0. The van der Waals surface area contributed by atoms with Gasteiger partial charge in [0.1, 0.15) is 5.75 Å². The average molecular weight is 516 g/mol. The van der Waals surface area contributed by atoms with Crippen LogP contribution in [0, 0.1) is 0 Å². The lowest BCUT2D eigenvalue weighted by atomic mass is 10.0. The SMILES string of the molecule is O=C(OCCCCOc1ccc2c(c1)CCC(=O)N2CCCCOC(=O)c1ccccc1)c1ccccc1. The quantitative estimate of drug-likeness (QED) is 0.217. The molecule has 0 bridgehead atoms. The first-order valence-corrected chi connectivity index (χ1v) is 13.1. The van der Waals surface area contributed by atoms with Gasteiger partial charge in [-0.2, -0.15) is 0 Å². The maximum absolute atomic E-state index is 12.6. The molecule has 0 atom stereocenters. The Morgan fingerprint density at radius 2 is 1.26 bits per heavy atom. The van der Waals surface area contributed by atoms with Crippen molar-refractivity contribution < 1.29 is 28.6 Å². The third-order valence-electron chi connectivity index (χ3n) is 6.32. The van der Waals surface area contributed by atoms with Crippen LogP contribution in [0.1, 0.15) is 58.4 Å². The number of hydrogen-bond acceptors (Lipinski definition) is 6. The number of esters is 2. The van der Waals surface area contributed by atoms with Crippen molar-refractivity contribution in [2.45, 2.75) is 38.5 Å². The summed E-state index contributed by atoms with van der Waals surface area (Å²) in [5, 5.41) is 0. The Labute approximate surface area is 223 Å². The zero-order valence-electron chi connectivity index (χ0n) is 21.5. The van der Waals surface area contributed by atoms with Crippen LogP contribution in [0.4, 0.5) is 5.69 Å². The van der Waals surface area contributed by atoms with Gasteiger partial charge in [0.15, 0.2) is 0 Å². The zero-order chi connectivity index (χ0) is 26.6. The van der Waals surface area contributed by atoms with E-state index in [0.717, 1.165) is 29.8 Å². The monoisotopic (exact) mass is 515 g/mol. The summed E-state index contributed by atoms with van der Waals surface area (Å²) in [6, 6.07) is 23.7. The normalized spacial score (nSPS) is 12.5. The Morgan fingerprint density at radius 3 is 1.89 bits per heavy atom. The number of benzene rings is 3. The van der Waals surface area contributed by atoms with Crippen LogP contribution in [0.25, 0.3) is 0 Å². The van der Waals surface area contributed by atoms with Gasteiger partial charge < -0.3 is 19.1 Å². The van der Waals surface area contributed by atoms with Gasteiger partial charge >= 0.3 is 11.9 Å². The van der Waals surface area contributed by atoms with Crippen molar-refractivity contribution in [2.75, 3.05) is 31.3 Å². The van der Waals surface area contributed by atoms with Crippen molar-refractivity contribution in [1.29, 1.82) is 0 Å². The molecule has 38 heavy (non-hydrogen) atoms. The fraction of sp³-hybridized carbons (Fsp3) is 0.323. The Hall–Kier alpha value is -4.13. The molecular weight excluding hydrogens is 482 g/mol. The second-order valence-corrected chi connectivity index (χ2v) is 9.10. The predicted molar refractivity (Wildman–Crippen MR) is 145 cm³/mol. The van der Waals surface area contributed by atoms with Crippen LogP contribution < -0.4 is 9.64 Å². The van der Waals surface area contributed by atoms with E-state index in [2.05, 4.69) is 0 Å². The molecule has 0 aromatic heterocycles. The minimum Gasteiger partial charge on any atom is -0.494 e. The number of aryl methyl sites for hydroxylation is 1. The molecule has 0 saturated carbocycles. The molecule has 0 fully saturated rings. The molecule has 1 aliphatic heterocycles. The number of anilines is 1. The second kappa shape index (κ2) is 14.0. The average Bonchev–Trinajstić information content (AvgIpc) is 2.96. The first-order chi connectivity index (χ1) is 18.6. The van der Waals surface area contributed by atoms with Gasteiger partial charge in [-0.1, -0.05) is 36.4 Å². The number of amides is 1. The highest BCUT2D eigenvalue weighted by atomic mass is 16.5. The molecule has 1 aliphatic rings. The largest absolute Gasteiger partial charge is 0.494 e. The third-order valence-corrected chi connectivity index (χ3v) is 6.32. The lowest BCUT2D eigenvalue weighted by Crippen LogP contribution is -2.36. The number of carbonyl (C=O) groups excluding carboxylic acids is 3. The lowest BCUT2D eigenvalue weighted by Gasteiger charge is -2.30. The molecule has 7 heteroatoms. The predicted octanol–water partition coefficient (Wildman–Crippen LogP) is 5.62. The van der Waals surface area contributed by atoms with E-state index in [0.29, 0.717) is 63.2 Å². The molecule has 0 unspecified atom stereocenters. The Balaban J connectivity index is 1.16. The molecular formula is C31H33NO6. The molecule has 0 radical (unpaired) electrons. The Bertz CT molecular complexity index is 1210. The Morgan fingerprint density at radius 1 is 0.684 bits per heavy atom. The first-order valence-electron chi connectivity index (χ1n) is 13.1. The van der Waals surface area contributed by atoms with E-state index in [1.54, 1.807) is 36.4 Å². The maximum Gasteiger partial charge on any atom is 0.338 e. The number of rotatable bonds is 13. The molecule has 4 rings (SSSR count).